The lowest BCUT2D eigenvalue weighted by Gasteiger charge is -2.08. The molecule has 100 valence electrons. The van der Waals surface area contributed by atoms with E-state index in [-0.39, 0.29) is 17.0 Å². The van der Waals surface area contributed by atoms with E-state index in [2.05, 4.69) is 4.72 Å². The summed E-state index contributed by atoms with van der Waals surface area (Å²) in [5.74, 6) is -0.610. The van der Waals surface area contributed by atoms with E-state index in [1.807, 2.05) is 0 Å². The maximum atomic E-state index is 11.8. The van der Waals surface area contributed by atoms with Crippen molar-refractivity contribution in [1.82, 2.24) is 4.72 Å². The number of carbonyl (C=O) groups is 1. The van der Waals surface area contributed by atoms with Crippen molar-refractivity contribution in [2.75, 3.05) is 6.54 Å². The van der Waals surface area contributed by atoms with Crippen molar-refractivity contribution in [1.29, 1.82) is 0 Å². The Balaban J connectivity index is 2.76. The zero-order valence-electron chi connectivity index (χ0n) is 9.96. The Bertz CT molecular complexity index is 508. The van der Waals surface area contributed by atoms with Crippen LogP contribution in [0.15, 0.2) is 29.2 Å². The van der Waals surface area contributed by atoms with Gasteiger partial charge in [0.05, 0.1) is 11.0 Å². The van der Waals surface area contributed by atoms with Gasteiger partial charge >= 0.3 is 0 Å². The summed E-state index contributed by atoms with van der Waals surface area (Å²) < 4.78 is 25.9. The molecule has 1 rings (SSSR count). The van der Waals surface area contributed by atoms with E-state index in [9.17, 15) is 13.2 Å². The fourth-order valence-electron chi connectivity index (χ4n) is 1.28. The molecule has 1 amide bonds. The zero-order chi connectivity index (χ0) is 13.8. The van der Waals surface area contributed by atoms with Crippen LogP contribution in [0.2, 0.25) is 0 Å². The van der Waals surface area contributed by atoms with Crippen molar-refractivity contribution in [2.24, 2.45) is 5.73 Å². The zero-order valence-corrected chi connectivity index (χ0v) is 10.8. The highest BCUT2D eigenvalue weighted by Crippen LogP contribution is 2.10. The van der Waals surface area contributed by atoms with E-state index in [0.29, 0.717) is 6.42 Å². The number of nitrogens with one attached hydrogen (secondary N) is 1. The number of rotatable bonds is 6. The fourth-order valence-corrected chi connectivity index (χ4v) is 2.33. The SMILES string of the molecule is CC(O)CCNS(=O)(=O)c1ccc(C(N)=O)cc1. The topological polar surface area (TPSA) is 109 Å². The standard InChI is InChI=1S/C11H16N2O4S/c1-8(14)6-7-13-18(16,17)10-4-2-9(3-5-10)11(12)15/h2-5,8,13-14H,6-7H2,1H3,(H2,12,15). The largest absolute Gasteiger partial charge is 0.393 e. The molecule has 0 radical (unpaired) electrons. The number of aliphatic hydroxyl groups excluding tert-OH is 1. The predicted molar refractivity (Wildman–Crippen MR) is 66.4 cm³/mol. The van der Waals surface area contributed by atoms with Crippen LogP contribution in [0.3, 0.4) is 0 Å². The number of aliphatic hydroxyl groups is 1. The Hall–Kier alpha value is -1.44. The van der Waals surface area contributed by atoms with Gasteiger partial charge in [-0.2, -0.15) is 0 Å². The average molecular weight is 272 g/mol. The molecule has 0 bridgehead atoms. The van der Waals surface area contributed by atoms with Crippen molar-refractivity contribution in [3.63, 3.8) is 0 Å². The molecule has 0 aliphatic rings. The molecule has 6 nitrogen and oxygen atoms in total. The van der Waals surface area contributed by atoms with Crippen LogP contribution < -0.4 is 10.5 Å². The average Bonchev–Trinajstić information content (AvgIpc) is 2.28. The molecule has 0 saturated heterocycles. The summed E-state index contributed by atoms with van der Waals surface area (Å²) in [5, 5.41) is 9.03. The number of hydrogen-bond acceptors (Lipinski definition) is 4. The van der Waals surface area contributed by atoms with Crippen LogP contribution in [0.5, 0.6) is 0 Å². The van der Waals surface area contributed by atoms with E-state index in [4.69, 9.17) is 10.8 Å². The highest BCUT2D eigenvalue weighted by molar-refractivity contribution is 7.89. The molecule has 7 heteroatoms. The quantitative estimate of drug-likeness (QED) is 0.668. The van der Waals surface area contributed by atoms with Gasteiger partial charge in [0.15, 0.2) is 0 Å². The Morgan fingerprint density at radius 1 is 1.39 bits per heavy atom. The van der Waals surface area contributed by atoms with Crippen molar-refractivity contribution in [3.05, 3.63) is 29.8 Å². The summed E-state index contributed by atoms with van der Waals surface area (Å²) in [4.78, 5) is 10.9. The van der Waals surface area contributed by atoms with Crippen LogP contribution in [0.1, 0.15) is 23.7 Å². The molecule has 0 aromatic heterocycles. The first kappa shape index (κ1) is 14.6. The number of hydrogen-bond donors (Lipinski definition) is 3. The number of amides is 1. The molecule has 1 aromatic rings. The molecule has 0 aliphatic carbocycles. The Labute approximate surface area is 106 Å². The Morgan fingerprint density at radius 3 is 2.39 bits per heavy atom. The van der Waals surface area contributed by atoms with Gasteiger partial charge in [0, 0.05) is 12.1 Å². The van der Waals surface area contributed by atoms with E-state index >= 15 is 0 Å². The fraction of sp³-hybridized carbons (Fsp3) is 0.364. The summed E-state index contributed by atoms with van der Waals surface area (Å²) >= 11 is 0. The van der Waals surface area contributed by atoms with Gasteiger partial charge in [-0.3, -0.25) is 4.79 Å². The summed E-state index contributed by atoms with van der Waals surface area (Å²) in [6.45, 7) is 1.73. The van der Waals surface area contributed by atoms with Gasteiger partial charge in [-0.05, 0) is 37.6 Å². The van der Waals surface area contributed by atoms with Crippen LogP contribution in [0, 0.1) is 0 Å². The number of carbonyl (C=O) groups excluding carboxylic acids is 1. The third kappa shape index (κ3) is 4.10. The first-order valence-corrected chi connectivity index (χ1v) is 6.89. The summed E-state index contributed by atoms with van der Waals surface area (Å²) in [6.07, 6.45) is -0.233. The second kappa shape index (κ2) is 5.94. The van der Waals surface area contributed by atoms with Crippen LogP contribution >= 0.6 is 0 Å². The van der Waals surface area contributed by atoms with E-state index in [0.717, 1.165) is 0 Å². The van der Waals surface area contributed by atoms with E-state index in [1.54, 1.807) is 6.92 Å². The van der Waals surface area contributed by atoms with Crippen LogP contribution in [0.25, 0.3) is 0 Å². The monoisotopic (exact) mass is 272 g/mol. The molecule has 1 atom stereocenters. The normalized spacial score (nSPS) is 13.2. The van der Waals surface area contributed by atoms with Gasteiger partial charge in [0.25, 0.3) is 0 Å². The smallest absolute Gasteiger partial charge is 0.248 e. The molecular weight excluding hydrogens is 256 g/mol. The highest BCUT2D eigenvalue weighted by Gasteiger charge is 2.14. The van der Waals surface area contributed by atoms with Crippen molar-refractivity contribution >= 4 is 15.9 Å². The van der Waals surface area contributed by atoms with Gasteiger partial charge < -0.3 is 10.8 Å². The predicted octanol–water partition coefficient (Wildman–Crippen LogP) is -0.165. The van der Waals surface area contributed by atoms with Gasteiger partial charge in [0.2, 0.25) is 15.9 Å². The molecule has 0 heterocycles. The second-order valence-corrected chi connectivity index (χ2v) is 5.69. The first-order chi connectivity index (χ1) is 8.33. The maximum Gasteiger partial charge on any atom is 0.248 e. The maximum absolute atomic E-state index is 11.8. The van der Waals surface area contributed by atoms with Gasteiger partial charge in [-0.25, -0.2) is 13.1 Å². The summed E-state index contributed by atoms with van der Waals surface area (Å²) in [5.41, 5.74) is 5.30. The minimum atomic E-state index is -3.61. The molecule has 0 aliphatic heterocycles. The highest BCUT2D eigenvalue weighted by atomic mass is 32.2. The van der Waals surface area contributed by atoms with Gasteiger partial charge in [-0.1, -0.05) is 0 Å². The van der Waals surface area contributed by atoms with Crippen LogP contribution in [-0.4, -0.2) is 32.1 Å². The lowest BCUT2D eigenvalue weighted by atomic mass is 10.2. The van der Waals surface area contributed by atoms with E-state index in [1.165, 1.54) is 24.3 Å². The number of primary amides is 1. The van der Waals surface area contributed by atoms with Crippen LogP contribution in [-0.2, 0) is 10.0 Å². The minimum Gasteiger partial charge on any atom is -0.393 e. The molecule has 1 aromatic carbocycles. The Kier molecular flexibility index (Phi) is 4.83. The first-order valence-electron chi connectivity index (χ1n) is 5.40. The lowest BCUT2D eigenvalue weighted by Crippen LogP contribution is -2.26. The molecule has 0 spiro atoms. The molecule has 18 heavy (non-hydrogen) atoms. The molecular formula is C11H16N2O4S. The lowest BCUT2D eigenvalue weighted by molar-refractivity contribution is 0.1000. The number of sulfonamides is 1. The molecule has 1 unspecified atom stereocenters. The Morgan fingerprint density at radius 2 is 1.94 bits per heavy atom. The van der Waals surface area contributed by atoms with E-state index < -0.39 is 22.0 Å². The number of benzene rings is 1. The van der Waals surface area contributed by atoms with Gasteiger partial charge in [-0.15, -0.1) is 0 Å². The minimum absolute atomic E-state index is 0.0538. The third-order valence-electron chi connectivity index (χ3n) is 2.30. The molecule has 0 fully saturated rings. The number of nitrogens with two attached hydrogens (primary N) is 1. The molecule has 4 N–H and O–H groups in total. The summed E-state index contributed by atoms with van der Waals surface area (Å²) in [7, 11) is -3.61. The summed E-state index contributed by atoms with van der Waals surface area (Å²) in [6, 6.07) is 5.33. The molecule has 0 saturated carbocycles. The third-order valence-corrected chi connectivity index (χ3v) is 3.78. The van der Waals surface area contributed by atoms with Gasteiger partial charge in [0.1, 0.15) is 0 Å². The van der Waals surface area contributed by atoms with Crippen molar-refractivity contribution < 1.29 is 18.3 Å². The van der Waals surface area contributed by atoms with Crippen molar-refractivity contribution in [2.45, 2.75) is 24.3 Å². The van der Waals surface area contributed by atoms with Crippen molar-refractivity contribution in [3.8, 4) is 0 Å². The van der Waals surface area contributed by atoms with Crippen LogP contribution in [0.4, 0.5) is 0 Å². The second-order valence-electron chi connectivity index (χ2n) is 3.92.